The summed E-state index contributed by atoms with van der Waals surface area (Å²) in [4.78, 5) is 3.63. The van der Waals surface area contributed by atoms with Crippen molar-refractivity contribution in [3.05, 3.63) is 81.0 Å². The molecule has 0 bridgehead atoms. The van der Waals surface area contributed by atoms with E-state index >= 15 is 0 Å². The lowest BCUT2D eigenvalue weighted by Crippen LogP contribution is -2.35. The van der Waals surface area contributed by atoms with Gasteiger partial charge in [0.25, 0.3) is 10.0 Å². The molecule has 5 nitrogen and oxygen atoms in total. The zero-order valence-corrected chi connectivity index (χ0v) is 19.7. The molecule has 0 N–H and O–H groups in total. The highest BCUT2D eigenvalue weighted by molar-refractivity contribution is 7.92. The molecule has 0 radical (unpaired) electrons. The van der Waals surface area contributed by atoms with E-state index in [4.69, 9.17) is 16.3 Å². The van der Waals surface area contributed by atoms with E-state index in [1.54, 1.807) is 47.7 Å². The van der Waals surface area contributed by atoms with Crippen LogP contribution in [0.4, 0.5) is 5.69 Å². The maximum absolute atomic E-state index is 13.5. The van der Waals surface area contributed by atoms with E-state index in [1.807, 2.05) is 19.1 Å². The van der Waals surface area contributed by atoms with Gasteiger partial charge in [-0.1, -0.05) is 29.3 Å². The summed E-state index contributed by atoms with van der Waals surface area (Å²) in [6, 6.07) is 16.0. The van der Waals surface area contributed by atoms with Gasteiger partial charge in [-0.15, -0.1) is 11.3 Å². The van der Waals surface area contributed by atoms with Crippen molar-refractivity contribution in [2.45, 2.75) is 24.9 Å². The summed E-state index contributed by atoms with van der Waals surface area (Å²) in [5.41, 5.74) is 2.81. The Kier molecular flexibility index (Phi) is 6.99. The van der Waals surface area contributed by atoms with Crippen LogP contribution in [0.5, 0.6) is 0 Å². The highest BCUT2D eigenvalue weighted by Crippen LogP contribution is 2.29. The molecule has 164 valence electrons. The van der Waals surface area contributed by atoms with Crippen LogP contribution >= 0.6 is 22.9 Å². The van der Waals surface area contributed by atoms with E-state index in [1.165, 1.54) is 9.87 Å². The Labute approximate surface area is 192 Å². The monoisotopic (exact) mass is 476 g/mol. The summed E-state index contributed by atoms with van der Waals surface area (Å²) < 4.78 is 33.9. The van der Waals surface area contributed by atoms with E-state index in [-0.39, 0.29) is 11.4 Å². The minimum atomic E-state index is -3.73. The smallest absolute Gasteiger partial charge is 0.264 e. The Balaban J connectivity index is 1.61. The summed E-state index contributed by atoms with van der Waals surface area (Å²) in [7, 11) is -3.73. The van der Waals surface area contributed by atoms with E-state index in [0.29, 0.717) is 10.7 Å². The van der Waals surface area contributed by atoms with Gasteiger partial charge in [0.05, 0.1) is 30.3 Å². The molecule has 1 aromatic heterocycles. The Bertz CT molecular complexity index is 1110. The molecule has 0 saturated carbocycles. The molecular weight excluding hydrogens is 452 g/mol. The molecule has 2 aromatic carbocycles. The number of morpholine rings is 1. The summed E-state index contributed by atoms with van der Waals surface area (Å²) in [6.45, 7) is 6.42. The van der Waals surface area contributed by atoms with Crippen LogP contribution in [0.1, 0.15) is 16.0 Å². The quantitative estimate of drug-likeness (QED) is 0.484. The van der Waals surface area contributed by atoms with Gasteiger partial charge >= 0.3 is 0 Å². The largest absolute Gasteiger partial charge is 0.379 e. The molecule has 0 aliphatic carbocycles. The van der Waals surface area contributed by atoms with E-state index in [9.17, 15) is 8.42 Å². The summed E-state index contributed by atoms with van der Waals surface area (Å²) in [6.07, 6.45) is 0. The van der Waals surface area contributed by atoms with Crippen molar-refractivity contribution in [1.29, 1.82) is 0 Å². The van der Waals surface area contributed by atoms with Crippen molar-refractivity contribution in [3.63, 3.8) is 0 Å². The molecule has 8 heteroatoms. The number of halogens is 1. The predicted molar refractivity (Wildman–Crippen MR) is 126 cm³/mol. The van der Waals surface area contributed by atoms with Gasteiger partial charge in [0.2, 0.25) is 0 Å². The van der Waals surface area contributed by atoms with Gasteiger partial charge in [0, 0.05) is 29.5 Å². The molecule has 0 spiro atoms. The van der Waals surface area contributed by atoms with Gasteiger partial charge in [0.15, 0.2) is 0 Å². The first kappa shape index (κ1) is 22.3. The van der Waals surface area contributed by atoms with Gasteiger partial charge in [-0.3, -0.25) is 9.21 Å². The fraction of sp³-hybridized carbons (Fsp3) is 0.304. The van der Waals surface area contributed by atoms with Crippen LogP contribution in [0.3, 0.4) is 0 Å². The van der Waals surface area contributed by atoms with Crippen molar-refractivity contribution < 1.29 is 13.2 Å². The summed E-state index contributed by atoms with van der Waals surface area (Å²) >= 11 is 7.63. The minimum absolute atomic E-state index is 0.269. The number of hydrogen-bond acceptors (Lipinski definition) is 5. The Morgan fingerprint density at radius 2 is 1.74 bits per heavy atom. The van der Waals surface area contributed by atoms with E-state index < -0.39 is 10.0 Å². The molecule has 1 fully saturated rings. The number of thiophene rings is 1. The standard InChI is InChI=1S/C23H25ClN2O3S2/c1-18-2-8-23(9-3-18)31(27,28)26(21-6-4-20(24)5-7-21)16-22-14-19(17-30-22)15-25-10-12-29-13-11-25/h2-9,14,17H,10-13,15-16H2,1H3. The molecule has 3 aromatic rings. The van der Waals surface area contributed by atoms with Crippen LogP contribution in [0, 0.1) is 6.92 Å². The summed E-state index contributed by atoms with van der Waals surface area (Å²) in [5.74, 6) is 0. The normalized spacial score (nSPS) is 15.2. The fourth-order valence-electron chi connectivity index (χ4n) is 3.51. The van der Waals surface area contributed by atoms with Crippen LogP contribution in [0.2, 0.25) is 5.02 Å². The van der Waals surface area contributed by atoms with Crippen molar-refractivity contribution >= 4 is 38.6 Å². The molecule has 1 aliphatic heterocycles. The molecule has 0 atom stereocenters. The van der Waals surface area contributed by atoms with Gasteiger partial charge in [0.1, 0.15) is 0 Å². The number of benzene rings is 2. The first-order valence-corrected chi connectivity index (χ1v) is 12.8. The Morgan fingerprint density at radius 1 is 1.06 bits per heavy atom. The molecule has 0 amide bonds. The molecular formula is C23H25ClN2O3S2. The number of ether oxygens (including phenoxy) is 1. The summed E-state index contributed by atoms with van der Waals surface area (Å²) in [5, 5.41) is 2.68. The molecule has 1 saturated heterocycles. The van der Waals surface area contributed by atoms with Gasteiger partial charge < -0.3 is 4.74 Å². The second-order valence-corrected chi connectivity index (χ2v) is 10.9. The maximum Gasteiger partial charge on any atom is 0.264 e. The SMILES string of the molecule is Cc1ccc(S(=O)(=O)N(Cc2cc(CN3CCOCC3)cs2)c2ccc(Cl)cc2)cc1. The van der Waals surface area contributed by atoms with Crippen molar-refractivity contribution in [2.24, 2.45) is 0 Å². The molecule has 4 rings (SSSR count). The molecule has 2 heterocycles. The Hall–Kier alpha value is -1.90. The number of hydrogen-bond donors (Lipinski definition) is 0. The first-order chi connectivity index (χ1) is 14.9. The van der Waals surface area contributed by atoms with Crippen molar-refractivity contribution in [3.8, 4) is 0 Å². The van der Waals surface area contributed by atoms with E-state index in [2.05, 4.69) is 16.3 Å². The van der Waals surface area contributed by atoms with Gasteiger partial charge in [-0.05, 0) is 60.3 Å². The highest BCUT2D eigenvalue weighted by atomic mass is 35.5. The number of sulfonamides is 1. The minimum Gasteiger partial charge on any atom is -0.379 e. The third kappa shape index (κ3) is 5.48. The van der Waals surface area contributed by atoms with Gasteiger partial charge in [-0.2, -0.15) is 0 Å². The lowest BCUT2D eigenvalue weighted by atomic mass is 10.2. The molecule has 1 aliphatic rings. The van der Waals surface area contributed by atoms with Crippen LogP contribution in [0.25, 0.3) is 0 Å². The molecule has 31 heavy (non-hydrogen) atoms. The van der Waals surface area contributed by atoms with E-state index in [0.717, 1.165) is 43.3 Å². The third-order valence-electron chi connectivity index (χ3n) is 5.24. The lowest BCUT2D eigenvalue weighted by molar-refractivity contribution is 0.0342. The average Bonchev–Trinajstić information content (AvgIpc) is 3.21. The van der Waals surface area contributed by atoms with Crippen molar-refractivity contribution in [1.82, 2.24) is 4.90 Å². The number of anilines is 1. The van der Waals surface area contributed by atoms with Crippen LogP contribution in [0.15, 0.2) is 64.9 Å². The molecule has 0 unspecified atom stereocenters. The fourth-order valence-corrected chi connectivity index (χ4v) is 6.03. The second-order valence-electron chi connectivity index (χ2n) is 7.61. The van der Waals surface area contributed by atoms with Crippen LogP contribution < -0.4 is 4.31 Å². The number of rotatable bonds is 7. The van der Waals surface area contributed by atoms with Crippen molar-refractivity contribution in [2.75, 3.05) is 30.6 Å². The number of aryl methyl sites for hydroxylation is 1. The lowest BCUT2D eigenvalue weighted by Gasteiger charge is -2.26. The van der Waals surface area contributed by atoms with Crippen LogP contribution in [-0.2, 0) is 27.8 Å². The Morgan fingerprint density at radius 3 is 2.42 bits per heavy atom. The topological polar surface area (TPSA) is 49.9 Å². The first-order valence-electron chi connectivity index (χ1n) is 10.1. The zero-order chi connectivity index (χ0) is 21.8. The second kappa shape index (κ2) is 9.71. The van der Waals surface area contributed by atoms with Gasteiger partial charge in [-0.25, -0.2) is 8.42 Å². The predicted octanol–water partition coefficient (Wildman–Crippen LogP) is 4.94. The average molecular weight is 477 g/mol. The van der Waals surface area contributed by atoms with Crippen LogP contribution in [-0.4, -0.2) is 39.6 Å². The maximum atomic E-state index is 13.5. The highest BCUT2D eigenvalue weighted by Gasteiger charge is 2.26. The third-order valence-corrected chi connectivity index (χ3v) is 8.25. The number of nitrogens with zero attached hydrogens (tertiary/aromatic N) is 2. The zero-order valence-electron chi connectivity index (χ0n) is 17.3.